The molecule has 2 amide bonds. The van der Waals surface area contributed by atoms with Crippen molar-refractivity contribution in [2.24, 2.45) is 5.92 Å². The summed E-state index contributed by atoms with van der Waals surface area (Å²) in [5.41, 5.74) is 2.29. The molecule has 0 aliphatic rings. The third-order valence-electron chi connectivity index (χ3n) is 5.66. The van der Waals surface area contributed by atoms with E-state index in [0.29, 0.717) is 29.2 Å². The van der Waals surface area contributed by atoms with Gasteiger partial charge in [0.2, 0.25) is 5.91 Å². The van der Waals surface area contributed by atoms with E-state index >= 15 is 0 Å². The molecule has 0 atom stereocenters. The van der Waals surface area contributed by atoms with Gasteiger partial charge in [-0.3, -0.25) is 19.2 Å². The highest BCUT2D eigenvalue weighted by atomic mass is 16.5. The Balaban J connectivity index is 1.62. The molecule has 0 spiro atoms. The maximum absolute atomic E-state index is 13.1. The number of ether oxygens (including phenoxy) is 2. The number of benzene rings is 3. The van der Waals surface area contributed by atoms with Crippen LogP contribution in [-0.2, 0) is 27.3 Å². The average molecular weight is 533 g/mol. The summed E-state index contributed by atoms with van der Waals surface area (Å²) in [6.07, 6.45) is 0.473. The van der Waals surface area contributed by atoms with Crippen LogP contribution in [0.25, 0.3) is 0 Å². The molecule has 3 rings (SSSR count). The number of hydrogen-bond acceptors (Lipinski definition) is 6. The lowest BCUT2D eigenvalue weighted by Crippen LogP contribution is -2.35. The van der Waals surface area contributed by atoms with E-state index in [4.69, 9.17) is 9.47 Å². The Hall–Kier alpha value is -4.66. The van der Waals surface area contributed by atoms with Crippen molar-refractivity contribution < 1.29 is 33.8 Å². The smallest absolute Gasteiger partial charge is 0.323 e. The minimum absolute atomic E-state index is 0.0473. The third kappa shape index (κ3) is 9.30. The zero-order valence-electron chi connectivity index (χ0n) is 22.2. The number of amides is 2. The lowest BCUT2D eigenvalue weighted by Gasteiger charge is -2.21. The number of carbonyl (C=O) groups excluding carboxylic acids is 3. The molecular formula is C30H32N2O7. The van der Waals surface area contributed by atoms with Gasteiger partial charge in [-0.1, -0.05) is 38.1 Å². The first kappa shape index (κ1) is 28.9. The van der Waals surface area contributed by atoms with E-state index in [1.165, 1.54) is 17.0 Å². The molecule has 0 fully saturated rings. The maximum Gasteiger partial charge on any atom is 0.323 e. The number of nitrogens with one attached hydrogen (secondary N) is 1. The Morgan fingerprint density at radius 3 is 2.00 bits per heavy atom. The fraction of sp³-hybridized carbons (Fsp3) is 0.267. The number of esters is 1. The van der Waals surface area contributed by atoms with E-state index in [0.717, 1.165) is 5.56 Å². The number of hydrogen-bond donors (Lipinski definition) is 2. The topological polar surface area (TPSA) is 122 Å². The Morgan fingerprint density at radius 1 is 0.846 bits per heavy atom. The van der Waals surface area contributed by atoms with Gasteiger partial charge in [0.25, 0.3) is 5.91 Å². The van der Waals surface area contributed by atoms with Crippen molar-refractivity contribution >= 4 is 29.4 Å². The van der Waals surface area contributed by atoms with Gasteiger partial charge in [-0.15, -0.1) is 0 Å². The quantitative estimate of drug-likeness (QED) is 0.259. The van der Waals surface area contributed by atoms with Crippen molar-refractivity contribution in [1.29, 1.82) is 0 Å². The Labute approximate surface area is 227 Å². The molecule has 3 aromatic rings. The summed E-state index contributed by atoms with van der Waals surface area (Å²) in [7, 11) is 1.57. The van der Waals surface area contributed by atoms with Crippen LogP contribution in [0.2, 0.25) is 0 Å². The van der Waals surface area contributed by atoms with Crippen molar-refractivity contribution in [2.75, 3.05) is 19.0 Å². The predicted octanol–water partition coefficient (Wildman–Crippen LogP) is 4.55. The zero-order valence-corrected chi connectivity index (χ0v) is 22.2. The SMILES string of the molecule is COc1ccc(CC(=O)Nc2ccc(C(=O)N(CC(=O)O)Cc3ccc(OC(=O)CC(C)C)cc3)cc2)cc1. The Morgan fingerprint density at radius 2 is 1.44 bits per heavy atom. The van der Waals surface area contributed by atoms with Crippen LogP contribution in [0.3, 0.4) is 0 Å². The Kier molecular flexibility index (Phi) is 10.2. The molecule has 0 aliphatic heterocycles. The van der Waals surface area contributed by atoms with Crippen molar-refractivity contribution in [3.63, 3.8) is 0 Å². The summed E-state index contributed by atoms with van der Waals surface area (Å²) in [6, 6.07) is 20.0. The Bertz CT molecular complexity index is 1280. The van der Waals surface area contributed by atoms with E-state index in [1.54, 1.807) is 55.6 Å². The minimum Gasteiger partial charge on any atom is -0.497 e. The van der Waals surface area contributed by atoms with Crippen molar-refractivity contribution in [2.45, 2.75) is 33.2 Å². The molecule has 0 radical (unpaired) electrons. The molecular weight excluding hydrogens is 500 g/mol. The number of carbonyl (C=O) groups is 4. The van der Waals surface area contributed by atoms with Gasteiger partial charge >= 0.3 is 11.9 Å². The summed E-state index contributed by atoms with van der Waals surface area (Å²) in [6.45, 7) is 3.40. The molecule has 3 aromatic carbocycles. The number of aliphatic carboxylic acids is 1. The van der Waals surface area contributed by atoms with Gasteiger partial charge in [0, 0.05) is 24.2 Å². The van der Waals surface area contributed by atoms with E-state index in [2.05, 4.69) is 5.32 Å². The number of rotatable bonds is 12. The normalized spacial score (nSPS) is 10.6. The first-order valence-electron chi connectivity index (χ1n) is 12.5. The van der Waals surface area contributed by atoms with Gasteiger partial charge in [0.1, 0.15) is 18.0 Å². The van der Waals surface area contributed by atoms with Crippen LogP contribution in [0, 0.1) is 5.92 Å². The molecule has 0 saturated heterocycles. The van der Waals surface area contributed by atoms with Crippen LogP contribution in [0.5, 0.6) is 11.5 Å². The second kappa shape index (κ2) is 13.8. The monoisotopic (exact) mass is 532 g/mol. The number of carboxylic acid groups (broad SMARTS) is 1. The van der Waals surface area contributed by atoms with Gasteiger partial charge in [-0.05, 0) is 65.6 Å². The van der Waals surface area contributed by atoms with E-state index in [-0.39, 0.29) is 36.3 Å². The predicted molar refractivity (Wildman–Crippen MR) is 146 cm³/mol. The number of methoxy groups -OCH3 is 1. The van der Waals surface area contributed by atoms with Crippen LogP contribution in [0.4, 0.5) is 5.69 Å². The molecule has 39 heavy (non-hydrogen) atoms. The molecule has 2 N–H and O–H groups in total. The van der Waals surface area contributed by atoms with Crippen molar-refractivity contribution in [1.82, 2.24) is 4.90 Å². The third-order valence-corrected chi connectivity index (χ3v) is 5.66. The molecule has 0 unspecified atom stereocenters. The van der Waals surface area contributed by atoms with Crippen LogP contribution < -0.4 is 14.8 Å². The summed E-state index contributed by atoms with van der Waals surface area (Å²) in [5.74, 6) is -0.907. The molecule has 0 bridgehead atoms. The summed E-state index contributed by atoms with van der Waals surface area (Å²) < 4.78 is 10.4. The first-order chi connectivity index (χ1) is 18.6. The fourth-order valence-corrected chi connectivity index (χ4v) is 3.77. The van der Waals surface area contributed by atoms with Gasteiger partial charge in [0.15, 0.2) is 0 Å². The largest absolute Gasteiger partial charge is 0.497 e. The lowest BCUT2D eigenvalue weighted by atomic mass is 10.1. The molecule has 204 valence electrons. The van der Waals surface area contributed by atoms with Gasteiger partial charge in [-0.25, -0.2) is 0 Å². The highest BCUT2D eigenvalue weighted by Gasteiger charge is 2.19. The highest BCUT2D eigenvalue weighted by Crippen LogP contribution is 2.18. The highest BCUT2D eigenvalue weighted by molar-refractivity contribution is 5.97. The molecule has 0 heterocycles. The summed E-state index contributed by atoms with van der Waals surface area (Å²) in [5, 5.41) is 12.2. The second-order valence-electron chi connectivity index (χ2n) is 9.42. The van der Waals surface area contributed by atoms with E-state index in [9.17, 15) is 24.3 Å². The molecule has 9 heteroatoms. The lowest BCUT2D eigenvalue weighted by molar-refractivity contribution is -0.138. The number of anilines is 1. The second-order valence-corrected chi connectivity index (χ2v) is 9.42. The zero-order chi connectivity index (χ0) is 28.4. The number of carboxylic acids is 1. The number of nitrogens with zero attached hydrogens (tertiary/aromatic N) is 1. The van der Waals surface area contributed by atoms with Crippen molar-refractivity contribution in [3.8, 4) is 11.5 Å². The van der Waals surface area contributed by atoms with Crippen LogP contribution in [-0.4, -0.2) is 47.4 Å². The van der Waals surface area contributed by atoms with E-state index < -0.39 is 18.4 Å². The minimum atomic E-state index is -1.15. The average Bonchev–Trinajstić information content (AvgIpc) is 2.89. The van der Waals surface area contributed by atoms with Gasteiger partial charge in [-0.2, -0.15) is 0 Å². The summed E-state index contributed by atoms with van der Waals surface area (Å²) in [4.78, 5) is 50.1. The molecule has 0 aliphatic carbocycles. The van der Waals surface area contributed by atoms with Crippen LogP contribution in [0.15, 0.2) is 72.8 Å². The van der Waals surface area contributed by atoms with Gasteiger partial charge < -0.3 is 24.8 Å². The van der Waals surface area contributed by atoms with E-state index in [1.807, 2.05) is 26.0 Å². The first-order valence-corrected chi connectivity index (χ1v) is 12.5. The molecule has 0 aromatic heterocycles. The maximum atomic E-state index is 13.1. The van der Waals surface area contributed by atoms with Crippen LogP contribution >= 0.6 is 0 Å². The molecule has 0 saturated carbocycles. The standard InChI is InChI=1S/C30H32N2O7/c1-20(2)16-29(36)39-26-14-6-22(7-15-26)18-32(19-28(34)35)30(37)23-8-10-24(11-9-23)31-27(33)17-21-4-12-25(38-3)13-5-21/h4-15,20H,16-19H2,1-3H3,(H,31,33)(H,34,35). The summed E-state index contributed by atoms with van der Waals surface area (Å²) >= 11 is 0. The fourth-order valence-electron chi connectivity index (χ4n) is 3.77. The molecule has 9 nitrogen and oxygen atoms in total. The van der Waals surface area contributed by atoms with Crippen LogP contribution in [0.1, 0.15) is 41.8 Å². The van der Waals surface area contributed by atoms with Crippen molar-refractivity contribution in [3.05, 3.63) is 89.5 Å². The van der Waals surface area contributed by atoms with Gasteiger partial charge in [0.05, 0.1) is 13.5 Å².